The van der Waals surface area contributed by atoms with Gasteiger partial charge in [-0.25, -0.2) is 0 Å². The number of carbonyl (C=O) groups is 1. The van der Waals surface area contributed by atoms with Gasteiger partial charge in [0.1, 0.15) is 0 Å². The van der Waals surface area contributed by atoms with Crippen molar-refractivity contribution < 1.29 is 9.90 Å². The number of aliphatic hydroxyl groups is 1. The molecule has 0 saturated carbocycles. The lowest BCUT2D eigenvalue weighted by Crippen LogP contribution is -2.50. The van der Waals surface area contributed by atoms with E-state index in [0.29, 0.717) is 12.5 Å². The zero-order valence-electron chi connectivity index (χ0n) is 17.9. The number of carbonyl (C=O) groups excluding carboxylic acids is 1. The van der Waals surface area contributed by atoms with Crippen LogP contribution < -0.4 is 4.90 Å². The number of nitrogens with zero attached hydrogens (tertiary/aromatic N) is 2. The van der Waals surface area contributed by atoms with Gasteiger partial charge in [-0.3, -0.25) is 9.69 Å². The van der Waals surface area contributed by atoms with Gasteiger partial charge < -0.3 is 10.0 Å². The maximum absolute atomic E-state index is 13.3. The standard InChI is InChI=1S/C27H28N2O2/c1-2-27(31)22-11-3-4-12-23(22)29(26(27)30)20-13-15-28(16-14-20)24-17-19-9-5-7-18-8-6-10-21(24)25(18)19/h3-12,20,24,31H,2,13-17H2,1H3. The molecule has 0 aromatic heterocycles. The molecular weight excluding hydrogens is 384 g/mol. The van der Waals surface area contributed by atoms with Crippen molar-refractivity contribution in [3.8, 4) is 0 Å². The minimum Gasteiger partial charge on any atom is -0.375 e. The molecule has 31 heavy (non-hydrogen) atoms. The molecule has 2 atom stereocenters. The molecule has 1 N–H and O–H groups in total. The Hall–Kier alpha value is -2.69. The second kappa shape index (κ2) is 6.91. The number of rotatable bonds is 3. The highest BCUT2D eigenvalue weighted by molar-refractivity contribution is 6.07. The summed E-state index contributed by atoms with van der Waals surface area (Å²) in [6.07, 6.45) is 3.34. The summed E-state index contributed by atoms with van der Waals surface area (Å²) in [7, 11) is 0. The van der Waals surface area contributed by atoms with Crippen LogP contribution in [0.3, 0.4) is 0 Å². The average Bonchev–Trinajstić information content (AvgIpc) is 3.30. The Balaban J connectivity index is 1.24. The summed E-state index contributed by atoms with van der Waals surface area (Å²) in [6, 6.07) is 21.7. The van der Waals surface area contributed by atoms with E-state index in [-0.39, 0.29) is 11.9 Å². The van der Waals surface area contributed by atoms with Gasteiger partial charge in [0, 0.05) is 30.7 Å². The molecule has 1 aliphatic carbocycles. The van der Waals surface area contributed by atoms with Crippen molar-refractivity contribution in [3.63, 3.8) is 0 Å². The van der Waals surface area contributed by atoms with E-state index in [4.69, 9.17) is 0 Å². The molecule has 3 aromatic carbocycles. The van der Waals surface area contributed by atoms with Crippen LogP contribution in [0.15, 0.2) is 60.7 Å². The summed E-state index contributed by atoms with van der Waals surface area (Å²) in [5.41, 5.74) is 3.19. The zero-order valence-corrected chi connectivity index (χ0v) is 17.9. The zero-order chi connectivity index (χ0) is 21.2. The highest BCUT2D eigenvalue weighted by Crippen LogP contribution is 2.45. The number of amides is 1. The van der Waals surface area contributed by atoms with E-state index >= 15 is 0 Å². The second-order valence-corrected chi connectivity index (χ2v) is 9.26. The minimum absolute atomic E-state index is 0.144. The van der Waals surface area contributed by atoms with Crippen LogP contribution >= 0.6 is 0 Å². The highest BCUT2D eigenvalue weighted by Gasteiger charge is 2.50. The van der Waals surface area contributed by atoms with Crippen molar-refractivity contribution in [2.45, 2.75) is 50.3 Å². The van der Waals surface area contributed by atoms with E-state index in [1.807, 2.05) is 36.1 Å². The van der Waals surface area contributed by atoms with Gasteiger partial charge in [-0.15, -0.1) is 0 Å². The van der Waals surface area contributed by atoms with E-state index in [9.17, 15) is 9.90 Å². The summed E-state index contributed by atoms with van der Waals surface area (Å²) < 4.78 is 0. The maximum Gasteiger partial charge on any atom is 0.263 e. The Morgan fingerprint density at radius 1 is 1.00 bits per heavy atom. The fourth-order valence-corrected chi connectivity index (χ4v) is 6.16. The molecule has 2 heterocycles. The normalized spacial score (nSPS) is 26.1. The molecule has 0 radical (unpaired) electrons. The molecule has 3 aromatic rings. The monoisotopic (exact) mass is 412 g/mol. The average molecular weight is 413 g/mol. The predicted octanol–water partition coefficient (Wildman–Crippen LogP) is 4.55. The van der Waals surface area contributed by atoms with Crippen LogP contribution in [-0.4, -0.2) is 35.0 Å². The SMILES string of the molecule is CCC1(O)C(=O)N(C2CCN(C3Cc4cccc5cccc3c45)CC2)c2ccccc21. The number of piperidine rings is 1. The first-order valence-electron chi connectivity index (χ1n) is 11.5. The number of hydrogen-bond acceptors (Lipinski definition) is 3. The Morgan fingerprint density at radius 2 is 1.74 bits per heavy atom. The molecule has 2 aliphatic heterocycles. The molecule has 1 amide bonds. The first-order valence-corrected chi connectivity index (χ1v) is 11.5. The van der Waals surface area contributed by atoms with Crippen LogP contribution in [0.2, 0.25) is 0 Å². The first-order chi connectivity index (χ1) is 15.1. The van der Waals surface area contributed by atoms with Crippen LogP contribution in [0.1, 0.15) is 48.9 Å². The number of fused-ring (bicyclic) bond motifs is 1. The van der Waals surface area contributed by atoms with E-state index in [1.54, 1.807) is 0 Å². The fourth-order valence-electron chi connectivity index (χ4n) is 6.16. The molecule has 1 fully saturated rings. The Labute approximate surface area is 183 Å². The highest BCUT2D eigenvalue weighted by atomic mass is 16.3. The largest absolute Gasteiger partial charge is 0.375 e. The molecule has 0 spiro atoms. The van der Waals surface area contributed by atoms with E-state index < -0.39 is 5.60 Å². The minimum atomic E-state index is -1.38. The van der Waals surface area contributed by atoms with E-state index in [2.05, 4.69) is 41.3 Å². The Morgan fingerprint density at radius 3 is 2.52 bits per heavy atom. The van der Waals surface area contributed by atoms with Crippen LogP contribution in [0.4, 0.5) is 5.69 Å². The van der Waals surface area contributed by atoms with Crippen molar-refractivity contribution >= 4 is 22.4 Å². The van der Waals surface area contributed by atoms with Gasteiger partial charge in [0.15, 0.2) is 5.60 Å². The lowest BCUT2D eigenvalue weighted by Gasteiger charge is -2.40. The molecular formula is C27H28N2O2. The molecule has 4 heteroatoms. The third kappa shape index (κ3) is 2.65. The lowest BCUT2D eigenvalue weighted by molar-refractivity contribution is -0.137. The number of benzene rings is 3. The van der Waals surface area contributed by atoms with Crippen molar-refractivity contribution in [2.75, 3.05) is 18.0 Å². The van der Waals surface area contributed by atoms with Gasteiger partial charge in [-0.05, 0) is 53.6 Å². The van der Waals surface area contributed by atoms with Crippen LogP contribution in [0.25, 0.3) is 10.8 Å². The van der Waals surface area contributed by atoms with E-state index in [1.165, 1.54) is 21.9 Å². The van der Waals surface area contributed by atoms with Crippen LogP contribution in [0, 0.1) is 0 Å². The third-order valence-electron chi connectivity index (χ3n) is 7.79. The summed E-state index contributed by atoms with van der Waals surface area (Å²) >= 11 is 0. The smallest absolute Gasteiger partial charge is 0.263 e. The molecule has 0 bridgehead atoms. The van der Waals surface area contributed by atoms with Crippen LogP contribution in [-0.2, 0) is 16.8 Å². The summed E-state index contributed by atoms with van der Waals surface area (Å²) in [5, 5.41) is 13.9. The molecule has 158 valence electrons. The second-order valence-electron chi connectivity index (χ2n) is 9.26. The van der Waals surface area contributed by atoms with Gasteiger partial charge in [0.05, 0.1) is 5.69 Å². The number of anilines is 1. The lowest BCUT2D eigenvalue weighted by atomic mass is 9.93. The number of likely N-dealkylation sites (tertiary alicyclic amines) is 1. The van der Waals surface area contributed by atoms with Gasteiger partial charge >= 0.3 is 0 Å². The van der Waals surface area contributed by atoms with Crippen molar-refractivity contribution in [1.82, 2.24) is 4.90 Å². The predicted molar refractivity (Wildman–Crippen MR) is 123 cm³/mol. The molecule has 6 rings (SSSR count). The third-order valence-corrected chi connectivity index (χ3v) is 7.79. The number of para-hydroxylation sites is 1. The van der Waals surface area contributed by atoms with Gasteiger partial charge in [0.2, 0.25) is 0 Å². The molecule has 4 nitrogen and oxygen atoms in total. The number of hydrogen-bond donors (Lipinski definition) is 1. The molecule has 3 aliphatic rings. The molecule has 2 unspecified atom stereocenters. The van der Waals surface area contributed by atoms with Crippen molar-refractivity contribution in [2.24, 2.45) is 0 Å². The van der Waals surface area contributed by atoms with Gasteiger partial charge in [-0.1, -0.05) is 61.5 Å². The van der Waals surface area contributed by atoms with Crippen molar-refractivity contribution in [3.05, 3.63) is 77.4 Å². The van der Waals surface area contributed by atoms with E-state index in [0.717, 1.165) is 43.6 Å². The topological polar surface area (TPSA) is 43.8 Å². The van der Waals surface area contributed by atoms with Gasteiger partial charge in [0.25, 0.3) is 5.91 Å². The fraction of sp³-hybridized carbons (Fsp3) is 0.370. The van der Waals surface area contributed by atoms with Crippen molar-refractivity contribution in [1.29, 1.82) is 0 Å². The molecule has 1 saturated heterocycles. The van der Waals surface area contributed by atoms with Crippen LogP contribution in [0.5, 0.6) is 0 Å². The summed E-state index contributed by atoms with van der Waals surface area (Å²) in [6.45, 7) is 3.82. The Kier molecular flexibility index (Phi) is 4.24. The summed E-state index contributed by atoms with van der Waals surface area (Å²) in [5.74, 6) is -0.146. The quantitative estimate of drug-likeness (QED) is 0.687. The Bertz CT molecular complexity index is 1180. The maximum atomic E-state index is 13.3. The first kappa shape index (κ1) is 19.0. The van der Waals surface area contributed by atoms with Gasteiger partial charge in [-0.2, -0.15) is 0 Å². The summed E-state index contributed by atoms with van der Waals surface area (Å²) in [4.78, 5) is 17.8.